The molecule has 0 aliphatic heterocycles. The lowest BCUT2D eigenvalue weighted by Gasteiger charge is -2.12. The van der Waals surface area contributed by atoms with Crippen LogP contribution in [0.3, 0.4) is 0 Å². The molecule has 0 spiro atoms. The van der Waals surface area contributed by atoms with Crippen molar-refractivity contribution in [3.63, 3.8) is 0 Å². The van der Waals surface area contributed by atoms with Gasteiger partial charge in [-0.3, -0.25) is 0 Å². The average molecular weight is 173 g/mol. The van der Waals surface area contributed by atoms with Gasteiger partial charge < -0.3 is 9.64 Å². The standard InChI is InChI=1S/C10H23NO/c1-4-11(2)9-7-5-6-8-10-12-3/h4-10H2,1-3H3. The van der Waals surface area contributed by atoms with Gasteiger partial charge >= 0.3 is 0 Å². The Morgan fingerprint density at radius 3 is 2.33 bits per heavy atom. The van der Waals surface area contributed by atoms with E-state index in [2.05, 4.69) is 18.9 Å². The maximum atomic E-state index is 4.98. The molecule has 0 aromatic heterocycles. The molecule has 0 unspecified atom stereocenters. The summed E-state index contributed by atoms with van der Waals surface area (Å²) in [5.41, 5.74) is 0. The van der Waals surface area contributed by atoms with Crippen LogP contribution in [0.25, 0.3) is 0 Å². The molecule has 12 heavy (non-hydrogen) atoms. The quantitative estimate of drug-likeness (QED) is 0.521. The van der Waals surface area contributed by atoms with Crippen LogP contribution in [-0.4, -0.2) is 38.8 Å². The van der Waals surface area contributed by atoms with Gasteiger partial charge in [0, 0.05) is 13.7 Å². The molecule has 0 aromatic rings. The largest absolute Gasteiger partial charge is 0.385 e. The van der Waals surface area contributed by atoms with Crippen LogP contribution in [0.2, 0.25) is 0 Å². The number of methoxy groups -OCH3 is 1. The first-order valence-corrected chi connectivity index (χ1v) is 4.98. The smallest absolute Gasteiger partial charge is 0.0462 e. The summed E-state index contributed by atoms with van der Waals surface area (Å²) < 4.78 is 4.98. The Morgan fingerprint density at radius 1 is 1.08 bits per heavy atom. The second-order valence-corrected chi connectivity index (χ2v) is 3.30. The first kappa shape index (κ1) is 11.9. The molecule has 0 aliphatic rings. The van der Waals surface area contributed by atoms with Crippen molar-refractivity contribution in [1.82, 2.24) is 4.90 Å². The minimum absolute atomic E-state index is 0.920. The third kappa shape index (κ3) is 8.02. The lowest BCUT2D eigenvalue weighted by Crippen LogP contribution is -2.18. The van der Waals surface area contributed by atoms with Gasteiger partial charge in [0.05, 0.1) is 0 Å². The van der Waals surface area contributed by atoms with Crippen molar-refractivity contribution in [3.05, 3.63) is 0 Å². The van der Waals surface area contributed by atoms with Gasteiger partial charge in [-0.2, -0.15) is 0 Å². The highest BCUT2D eigenvalue weighted by atomic mass is 16.5. The summed E-state index contributed by atoms with van der Waals surface area (Å²) in [7, 11) is 3.94. The third-order valence-electron chi connectivity index (χ3n) is 2.18. The molecule has 2 nitrogen and oxygen atoms in total. The summed E-state index contributed by atoms with van der Waals surface area (Å²) in [5.74, 6) is 0. The van der Waals surface area contributed by atoms with Crippen LogP contribution in [0.4, 0.5) is 0 Å². The molecular weight excluding hydrogens is 150 g/mol. The highest BCUT2D eigenvalue weighted by molar-refractivity contribution is 4.49. The van der Waals surface area contributed by atoms with E-state index in [-0.39, 0.29) is 0 Å². The Kier molecular flexibility index (Phi) is 8.95. The second kappa shape index (κ2) is 9.01. The molecule has 0 rings (SSSR count). The molecular formula is C10H23NO. The van der Waals surface area contributed by atoms with Crippen LogP contribution in [0.15, 0.2) is 0 Å². The van der Waals surface area contributed by atoms with E-state index in [4.69, 9.17) is 4.74 Å². The van der Waals surface area contributed by atoms with Gasteiger partial charge in [-0.05, 0) is 33.0 Å². The molecule has 0 heterocycles. The van der Waals surface area contributed by atoms with E-state index in [9.17, 15) is 0 Å². The summed E-state index contributed by atoms with van der Waals surface area (Å²) in [6.07, 6.45) is 5.19. The molecule has 0 fully saturated rings. The van der Waals surface area contributed by atoms with Crippen molar-refractivity contribution in [3.8, 4) is 0 Å². The van der Waals surface area contributed by atoms with Crippen LogP contribution < -0.4 is 0 Å². The molecule has 0 radical (unpaired) electrons. The van der Waals surface area contributed by atoms with E-state index in [1.807, 2.05) is 0 Å². The highest BCUT2D eigenvalue weighted by Gasteiger charge is 1.93. The maximum Gasteiger partial charge on any atom is 0.0462 e. The Morgan fingerprint density at radius 2 is 1.75 bits per heavy atom. The molecule has 0 amide bonds. The van der Waals surface area contributed by atoms with Crippen LogP contribution in [0.5, 0.6) is 0 Å². The number of rotatable bonds is 8. The molecule has 0 bridgehead atoms. The summed E-state index contributed by atoms with van der Waals surface area (Å²) >= 11 is 0. The van der Waals surface area contributed by atoms with E-state index in [1.165, 1.54) is 32.2 Å². The minimum Gasteiger partial charge on any atom is -0.385 e. The molecule has 0 saturated carbocycles. The summed E-state index contributed by atoms with van der Waals surface area (Å²) in [4.78, 5) is 2.36. The van der Waals surface area contributed by atoms with E-state index in [0.717, 1.165) is 13.2 Å². The third-order valence-corrected chi connectivity index (χ3v) is 2.18. The predicted molar refractivity (Wildman–Crippen MR) is 53.5 cm³/mol. The van der Waals surface area contributed by atoms with E-state index >= 15 is 0 Å². The van der Waals surface area contributed by atoms with Gasteiger partial charge in [0.1, 0.15) is 0 Å². The molecule has 0 aromatic carbocycles. The van der Waals surface area contributed by atoms with Crippen LogP contribution in [-0.2, 0) is 4.74 Å². The van der Waals surface area contributed by atoms with Crippen LogP contribution >= 0.6 is 0 Å². The number of ether oxygens (including phenoxy) is 1. The lowest BCUT2D eigenvalue weighted by atomic mass is 10.2. The first-order chi connectivity index (χ1) is 5.81. The van der Waals surface area contributed by atoms with Crippen molar-refractivity contribution in [2.45, 2.75) is 32.6 Å². The summed E-state index contributed by atoms with van der Waals surface area (Å²) in [6.45, 7) is 5.52. The average Bonchev–Trinajstić information content (AvgIpc) is 2.10. The normalized spacial score (nSPS) is 11.0. The molecule has 74 valence electrons. The fraction of sp³-hybridized carbons (Fsp3) is 1.00. The Balaban J connectivity index is 2.90. The molecule has 0 aliphatic carbocycles. The minimum atomic E-state index is 0.920. The van der Waals surface area contributed by atoms with Crippen molar-refractivity contribution in [2.24, 2.45) is 0 Å². The van der Waals surface area contributed by atoms with Gasteiger partial charge in [0.25, 0.3) is 0 Å². The fourth-order valence-electron chi connectivity index (χ4n) is 1.14. The van der Waals surface area contributed by atoms with Crippen molar-refractivity contribution < 1.29 is 4.74 Å². The summed E-state index contributed by atoms with van der Waals surface area (Å²) in [6, 6.07) is 0. The number of hydrogen-bond acceptors (Lipinski definition) is 2. The van der Waals surface area contributed by atoms with Gasteiger partial charge in [-0.1, -0.05) is 19.8 Å². The zero-order chi connectivity index (χ0) is 9.23. The number of hydrogen-bond donors (Lipinski definition) is 0. The van der Waals surface area contributed by atoms with Crippen LogP contribution in [0, 0.1) is 0 Å². The van der Waals surface area contributed by atoms with Gasteiger partial charge in [0.15, 0.2) is 0 Å². The second-order valence-electron chi connectivity index (χ2n) is 3.30. The van der Waals surface area contributed by atoms with Crippen molar-refractivity contribution in [2.75, 3.05) is 33.9 Å². The topological polar surface area (TPSA) is 12.5 Å². The van der Waals surface area contributed by atoms with Gasteiger partial charge in [-0.25, -0.2) is 0 Å². The Bertz CT molecular complexity index is 85.9. The molecule has 0 saturated heterocycles. The number of unbranched alkanes of at least 4 members (excludes halogenated alkanes) is 3. The lowest BCUT2D eigenvalue weighted by molar-refractivity contribution is 0.191. The fourth-order valence-corrected chi connectivity index (χ4v) is 1.14. The highest BCUT2D eigenvalue weighted by Crippen LogP contribution is 2.00. The first-order valence-electron chi connectivity index (χ1n) is 4.98. The van der Waals surface area contributed by atoms with Crippen molar-refractivity contribution in [1.29, 1.82) is 0 Å². The maximum absolute atomic E-state index is 4.98. The predicted octanol–water partition coefficient (Wildman–Crippen LogP) is 2.14. The molecule has 0 N–H and O–H groups in total. The summed E-state index contributed by atoms with van der Waals surface area (Å²) in [5, 5.41) is 0. The van der Waals surface area contributed by atoms with Crippen molar-refractivity contribution >= 4 is 0 Å². The number of nitrogens with zero attached hydrogens (tertiary/aromatic N) is 1. The monoisotopic (exact) mass is 173 g/mol. The van der Waals surface area contributed by atoms with Gasteiger partial charge in [-0.15, -0.1) is 0 Å². The zero-order valence-electron chi connectivity index (χ0n) is 8.81. The van der Waals surface area contributed by atoms with E-state index in [0.29, 0.717) is 0 Å². The Hall–Kier alpha value is -0.0800. The Labute approximate surface area is 76.9 Å². The van der Waals surface area contributed by atoms with E-state index < -0.39 is 0 Å². The van der Waals surface area contributed by atoms with E-state index in [1.54, 1.807) is 7.11 Å². The zero-order valence-corrected chi connectivity index (χ0v) is 8.81. The van der Waals surface area contributed by atoms with Crippen LogP contribution in [0.1, 0.15) is 32.6 Å². The van der Waals surface area contributed by atoms with Gasteiger partial charge in [0.2, 0.25) is 0 Å². The molecule has 0 atom stereocenters. The molecule has 2 heteroatoms. The SMILES string of the molecule is CCN(C)CCCCCCOC.